The first-order chi connectivity index (χ1) is 9.81. The van der Waals surface area contributed by atoms with Crippen molar-refractivity contribution in [2.75, 3.05) is 7.05 Å². The van der Waals surface area contributed by atoms with Crippen LogP contribution in [0.4, 0.5) is 13.2 Å². The number of aromatic amines is 1. The van der Waals surface area contributed by atoms with E-state index in [0.717, 1.165) is 6.07 Å². The monoisotopic (exact) mass is 361 g/mol. The molecule has 0 spiro atoms. The van der Waals surface area contributed by atoms with E-state index in [2.05, 4.69) is 31.2 Å². The lowest BCUT2D eigenvalue weighted by atomic mass is 10.1. The van der Waals surface area contributed by atoms with Crippen molar-refractivity contribution in [2.45, 2.75) is 12.7 Å². The normalized spacial score (nSPS) is 11.7. The third-order valence-corrected chi connectivity index (χ3v) is 3.19. The summed E-state index contributed by atoms with van der Waals surface area (Å²) < 4.78 is 39.6. The molecule has 0 saturated carbocycles. The fourth-order valence-electron chi connectivity index (χ4n) is 1.86. The molecular weight excluding hydrogens is 351 g/mol. The predicted molar refractivity (Wildman–Crippen MR) is 75.8 cm³/mol. The SMILES string of the molecule is CNCc1cc(=O)[nH]c(-c2ccc(Br)cc2C(F)(F)F)n1. The first-order valence-corrected chi connectivity index (χ1v) is 6.72. The summed E-state index contributed by atoms with van der Waals surface area (Å²) in [5.41, 5.74) is -1.16. The molecule has 1 heterocycles. The Morgan fingerprint density at radius 1 is 1.33 bits per heavy atom. The van der Waals surface area contributed by atoms with Gasteiger partial charge in [0.05, 0.1) is 11.3 Å². The summed E-state index contributed by atoms with van der Waals surface area (Å²) in [4.78, 5) is 18.0. The third-order valence-electron chi connectivity index (χ3n) is 2.69. The molecule has 0 aliphatic carbocycles. The largest absolute Gasteiger partial charge is 0.417 e. The van der Waals surface area contributed by atoms with Crippen molar-refractivity contribution in [3.8, 4) is 11.4 Å². The molecule has 0 amide bonds. The first kappa shape index (κ1) is 15.7. The van der Waals surface area contributed by atoms with Crippen molar-refractivity contribution < 1.29 is 13.2 Å². The third kappa shape index (κ3) is 3.70. The van der Waals surface area contributed by atoms with Crippen LogP contribution in [0.2, 0.25) is 0 Å². The van der Waals surface area contributed by atoms with E-state index in [-0.39, 0.29) is 17.9 Å². The van der Waals surface area contributed by atoms with Crippen LogP contribution in [-0.4, -0.2) is 17.0 Å². The Bertz CT molecular complexity index is 713. The molecule has 0 fully saturated rings. The summed E-state index contributed by atoms with van der Waals surface area (Å²) in [5.74, 6) is -0.104. The Kier molecular flexibility index (Phi) is 4.48. The maximum Gasteiger partial charge on any atom is 0.417 e. The van der Waals surface area contributed by atoms with Crippen molar-refractivity contribution in [3.05, 3.63) is 50.3 Å². The number of nitrogens with one attached hydrogen (secondary N) is 2. The molecule has 21 heavy (non-hydrogen) atoms. The van der Waals surface area contributed by atoms with Crippen molar-refractivity contribution in [1.29, 1.82) is 0 Å². The highest BCUT2D eigenvalue weighted by Crippen LogP contribution is 2.37. The molecule has 0 aliphatic rings. The molecule has 8 heteroatoms. The maximum absolute atomic E-state index is 13.1. The van der Waals surface area contributed by atoms with E-state index in [1.54, 1.807) is 7.05 Å². The van der Waals surface area contributed by atoms with Gasteiger partial charge in [0.1, 0.15) is 5.82 Å². The first-order valence-electron chi connectivity index (χ1n) is 5.93. The van der Waals surface area contributed by atoms with Crippen LogP contribution in [0, 0.1) is 0 Å². The van der Waals surface area contributed by atoms with Crippen molar-refractivity contribution in [1.82, 2.24) is 15.3 Å². The van der Waals surface area contributed by atoms with Gasteiger partial charge in [0.2, 0.25) is 0 Å². The minimum Gasteiger partial charge on any atom is -0.314 e. The second kappa shape index (κ2) is 5.98. The molecular formula is C13H11BrF3N3O. The van der Waals surface area contributed by atoms with E-state index in [9.17, 15) is 18.0 Å². The molecule has 2 aromatic rings. The number of nitrogens with zero attached hydrogens (tertiary/aromatic N) is 1. The number of alkyl halides is 3. The molecule has 0 aliphatic heterocycles. The molecule has 1 aromatic heterocycles. The molecule has 2 rings (SSSR count). The van der Waals surface area contributed by atoms with Crippen LogP contribution in [0.3, 0.4) is 0 Å². The second-order valence-corrected chi connectivity index (χ2v) is 5.22. The number of aromatic nitrogens is 2. The lowest BCUT2D eigenvalue weighted by molar-refractivity contribution is -0.137. The van der Waals surface area contributed by atoms with Crippen LogP contribution in [0.25, 0.3) is 11.4 Å². The number of hydrogen-bond donors (Lipinski definition) is 2. The van der Waals surface area contributed by atoms with Gasteiger partial charge in [-0.15, -0.1) is 0 Å². The fourth-order valence-corrected chi connectivity index (χ4v) is 2.23. The summed E-state index contributed by atoms with van der Waals surface area (Å²) in [6.07, 6.45) is -4.54. The molecule has 0 radical (unpaired) electrons. The molecule has 4 nitrogen and oxygen atoms in total. The van der Waals surface area contributed by atoms with Crippen LogP contribution < -0.4 is 10.9 Å². The van der Waals surface area contributed by atoms with Crippen molar-refractivity contribution >= 4 is 15.9 Å². The summed E-state index contributed by atoms with van der Waals surface area (Å²) in [5, 5.41) is 2.80. The number of hydrogen-bond acceptors (Lipinski definition) is 3. The number of halogens is 4. The lowest BCUT2D eigenvalue weighted by Gasteiger charge is -2.13. The van der Waals surface area contributed by atoms with Gasteiger partial charge in [-0.25, -0.2) is 4.98 Å². The maximum atomic E-state index is 13.1. The Labute approximate surface area is 126 Å². The van der Waals surface area contributed by atoms with E-state index in [1.807, 2.05) is 0 Å². The molecule has 2 N–H and O–H groups in total. The zero-order valence-corrected chi connectivity index (χ0v) is 12.5. The van der Waals surface area contributed by atoms with Crippen molar-refractivity contribution in [2.24, 2.45) is 0 Å². The Hall–Kier alpha value is -1.67. The van der Waals surface area contributed by atoms with E-state index in [1.165, 1.54) is 18.2 Å². The minimum absolute atomic E-state index is 0.104. The standard InChI is InChI=1S/C13H11BrF3N3O/c1-18-6-8-5-11(21)20-12(19-8)9-3-2-7(14)4-10(9)13(15,16)17/h2-5,18H,6H2,1H3,(H,19,20,21). The van der Waals surface area contributed by atoms with Crippen LogP contribution in [0.15, 0.2) is 33.5 Å². The summed E-state index contributed by atoms with van der Waals surface area (Å²) in [6, 6.07) is 4.94. The smallest absolute Gasteiger partial charge is 0.314 e. The highest BCUT2D eigenvalue weighted by molar-refractivity contribution is 9.10. The lowest BCUT2D eigenvalue weighted by Crippen LogP contribution is -2.16. The van der Waals surface area contributed by atoms with Crippen molar-refractivity contribution in [3.63, 3.8) is 0 Å². The average Bonchev–Trinajstić information content (AvgIpc) is 2.37. The van der Waals surface area contributed by atoms with E-state index in [0.29, 0.717) is 10.2 Å². The van der Waals surface area contributed by atoms with E-state index >= 15 is 0 Å². The van der Waals surface area contributed by atoms with Gasteiger partial charge < -0.3 is 10.3 Å². The summed E-state index contributed by atoms with van der Waals surface area (Å²) in [6.45, 7) is 0.287. The van der Waals surface area contributed by atoms with Gasteiger partial charge in [0.25, 0.3) is 5.56 Å². The highest BCUT2D eigenvalue weighted by Gasteiger charge is 2.34. The molecule has 0 bridgehead atoms. The zero-order chi connectivity index (χ0) is 15.6. The number of rotatable bonds is 3. The predicted octanol–water partition coefficient (Wildman–Crippen LogP) is 2.94. The number of benzene rings is 1. The number of H-pyrrole nitrogens is 1. The van der Waals surface area contributed by atoms with Gasteiger partial charge in [-0.1, -0.05) is 15.9 Å². The van der Waals surface area contributed by atoms with Gasteiger partial charge >= 0.3 is 6.18 Å². The van der Waals surface area contributed by atoms with E-state index < -0.39 is 17.3 Å². The van der Waals surface area contributed by atoms with Gasteiger partial charge in [0, 0.05) is 22.6 Å². The topological polar surface area (TPSA) is 57.8 Å². The molecule has 0 saturated heterocycles. The molecule has 0 unspecified atom stereocenters. The highest BCUT2D eigenvalue weighted by atomic mass is 79.9. The Morgan fingerprint density at radius 2 is 2.05 bits per heavy atom. The van der Waals surface area contributed by atoms with Crippen LogP contribution in [-0.2, 0) is 12.7 Å². The summed E-state index contributed by atoms with van der Waals surface area (Å²) in [7, 11) is 1.66. The fraction of sp³-hybridized carbons (Fsp3) is 0.231. The van der Waals surface area contributed by atoms with Gasteiger partial charge in [0.15, 0.2) is 0 Å². The molecule has 112 valence electrons. The van der Waals surface area contributed by atoms with Gasteiger partial charge in [-0.3, -0.25) is 4.79 Å². The average molecular weight is 362 g/mol. The van der Waals surface area contributed by atoms with Gasteiger partial charge in [-0.2, -0.15) is 13.2 Å². The Morgan fingerprint density at radius 3 is 2.67 bits per heavy atom. The minimum atomic E-state index is -4.54. The van der Waals surface area contributed by atoms with E-state index in [4.69, 9.17) is 0 Å². The molecule has 0 atom stereocenters. The second-order valence-electron chi connectivity index (χ2n) is 4.30. The Balaban J connectivity index is 2.64. The van der Waals surface area contributed by atoms with Gasteiger partial charge in [-0.05, 0) is 25.2 Å². The van der Waals surface area contributed by atoms with Crippen LogP contribution in [0.1, 0.15) is 11.3 Å². The van der Waals surface area contributed by atoms with Crippen LogP contribution >= 0.6 is 15.9 Å². The summed E-state index contributed by atoms with van der Waals surface area (Å²) >= 11 is 3.01. The molecule has 1 aromatic carbocycles. The van der Waals surface area contributed by atoms with Crippen LogP contribution in [0.5, 0.6) is 0 Å². The zero-order valence-electron chi connectivity index (χ0n) is 10.9. The quantitative estimate of drug-likeness (QED) is 0.883.